The van der Waals surface area contributed by atoms with Crippen LogP contribution in [0.25, 0.3) is 0 Å². The molecule has 10 N–H and O–H groups in total. The molecule has 0 radical (unpaired) electrons. The van der Waals surface area contributed by atoms with E-state index in [-0.39, 0.29) is 25.4 Å². The predicted octanol–water partition coefficient (Wildman–Crippen LogP) is -4.64. The third-order valence-electron chi connectivity index (χ3n) is 6.20. The van der Waals surface area contributed by atoms with Gasteiger partial charge >= 0.3 is 0 Å². The normalized spacial score (nSPS) is 22.1. The summed E-state index contributed by atoms with van der Waals surface area (Å²) < 4.78 is 0. The summed E-state index contributed by atoms with van der Waals surface area (Å²) in [4.78, 5) is 65.2. The van der Waals surface area contributed by atoms with E-state index in [0.29, 0.717) is 0 Å². The van der Waals surface area contributed by atoms with E-state index in [1.807, 2.05) is 0 Å². The van der Waals surface area contributed by atoms with E-state index < -0.39 is 84.7 Å². The van der Waals surface area contributed by atoms with Gasteiger partial charge in [-0.3, -0.25) is 24.0 Å². The lowest BCUT2D eigenvalue weighted by atomic mass is 10.0. The molecule has 0 bridgehead atoms. The van der Waals surface area contributed by atoms with Gasteiger partial charge in [0.2, 0.25) is 29.5 Å². The Labute approximate surface area is 221 Å². The zero-order valence-electron chi connectivity index (χ0n) is 22.4. The van der Waals surface area contributed by atoms with Gasteiger partial charge in [0.15, 0.2) is 0 Å². The van der Waals surface area contributed by atoms with Crippen LogP contribution in [0.5, 0.6) is 0 Å². The number of carbonyl (C=O) groups is 5. The van der Waals surface area contributed by atoms with Crippen LogP contribution in [0.2, 0.25) is 0 Å². The fraction of sp³-hybridized carbons (Fsp3) is 0.783. The first kappa shape index (κ1) is 33.2. The van der Waals surface area contributed by atoms with Crippen LogP contribution in [0.1, 0.15) is 41.0 Å². The summed E-state index contributed by atoms with van der Waals surface area (Å²) in [7, 11) is 0. The van der Waals surface area contributed by atoms with Crippen LogP contribution in [0, 0.1) is 5.92 Å². The molecule has 0 aromatic heterocycles. The zero-order chi connectivity index (χ0) is 29.5. The van der Waals surface area contributed by atoms with Crippen molar-refractivity contribution in [2.24, 2.45) is 17.4 Å². The number of hydrogen-bond donors (Lipinski definition) is 8. The number of hydrogen-bond acceptors (Lipinski definition) is 10. The van der Waals surface area contributed by atoms with Gasteiger partial charge in [-0.25, -0.2) is 0 Å². The van der Waals surface area contributed by atoms with Crippen LogP contribution < -0.4 is 22.1 Å². The molecule has 0 spiro atoms. The van der Waals surface area contributed by atoms with Gasteiger partial charge in [0.1, 0.15) is 18.1 Å². The summed E-state index contributed by atoms with van der Waals surface area (Å²) in [6.45, 7) is 6.43. The number of nitrogens with zero attached hydrogens (tertiary/aromatic N) is 2. The number of aliphatic hydroxyl groups excluding tert-OH is 4. The Morgan fingerprint density at radius 2 is 1.53 bits per heavy atom. The number of nitrogens with one attached hydrogen (secondary N) is 2. The summed E-state index contributed by atoms with van der Waals surface area (Å²) in [5, 5.41) is 44.6. The van der Waals surface area contributed by atoms with Crippen LogP contribution in [0.4, 0.5) is 0 Å². The molecular weight excluding hydrogens is 504 g/mol. The minimum absolute atomic E-state index is 0.0467. The van der Waals surface area contributed by atoms with Crippen molar-refractivity contribution in [1.29, 1.82) is 0 Å². The molecular formula is C23H42N6O9. The van der Waals surface area contributed by atoms with E-state index in [2.05, 4.69) is 10.6 Å². The molecule has 0 aromatic carbocycles. The second-order valence-corrected chi connectivity index (χ2v) is 10.1. The van der Waals surface area contributed by atoms with Crippen molar-refractivity contribution < 1.29 is 44.4 Å². The minimum atomic E-state index is -1.60. The van der Waals surface area contributed by atoms with E-state index in [0.717, 1.165) is 9.80 Å². The number of primary amides is 1. The number of aliphatic hydroxyl groups is 4. The summed E-state index contributed by atoms with van der Waals surface area (Å²) in [5.74, 6) is -4.57. The van der Waals surface area contributed by atoms with E-state index in [4.69, 9.17) is 11.5 Å². The molecule has 0 aliphatic carbocycles. The summed E-state index contributed by atoms with van der Waals surface area (Å²) >= 11 is 0. The van der Waals surface area contributed by atoms with Crippen LogP contribution >= 0.6 is 0 Å². The van der Waals surface area contributed by atoms with E-state index >= 15 is 0 Å². The average Bonchev–Trinajstić information content (AvgIpc) is 3.19. The second kappa shape index (κ2) is 14.3. The first-order chi connectivity index (χ1) is 17.5. The third kappa shape index (κ3) is 8.87. The molecule has 8 unspecified atom stereocenters. The van der Waals surface area contributed by atoms with E-state index in [1.165, 1.54) is 20.8 Å². The quantitative estimate of drug-likeness (QED) is 0.110. The van der Waals surface area contributed by atoms with Crippen molar-refractivity contribution in [3.8, 4) is 0 Å². The fourth-order valence-corrected chi connectivity index (χ4v) is 4.02. The van der Waals surface area contributed by atoms with Gasteiger partial charge in [-0.15, -0.1) is 0 Å². The van der Waals surface area contributed by atoms with Crippen LogP contribution in [0.3, 0.4) is 0 Å². The number of likely N-dealkylation sites (tertiary alicyclic amines) is 1. The Morgan fingerprint density at radius 3 is 1.97 bits per heavy atom. The van der Waals surface area contributed by atoms with Crippen molar-refractivity contribution in [3.63, 3.8) is 0 Å². The highest BCUT2D eigenvalue weighted by Crippen LogP contribution is 2.20. The number of rotatable bonds is 13. The Balaban J connectivity index is 3.03. The molecule has 1 saturated heterocycles. The Kier molecular flexibility index (Phi) is 12.5. The maximum atomic E-state index is 13.0. The monoisotopic (exact) mass is 546 g/mol. The van der Waals surface area contributed by atoms with Gasteiger partial charge in [-0.05, 0) is 33.1 Å². The average molecular weight is 547 g/mol. The van der Waals surface area contributed by atoms with Gasteiger partial charge in [-0.2, -0.15) is 0 Å². The van der Waals surface area contributed by atoms with E-state index in [9.17, 15) is 44.4 Å². The number of nitrogens with two attached hydrogens (primary N) is 2. The lowest BCUT2D eigenvalue weighted by Crippen LogP contribution is -2.62. The SMILES string of the molecule is CC(O)CN(CC(=O)NC(C(=O)NC(C(=O)N1CCC(O)C1C(N)=O)C(C)O)C(C)O)C(=O)C(N)C(C)C. The highest BCUT2D eigenvalue weighted by molar-refractivity contribution is 5.95. The van der Waals surface area contributed by atoms with Gasteiger partial charge in [0.05, 0.1) is 37.0 Å². The molecule has 1 aliphatic heterocycles. The Hall–Kier alpha value is -2.85. The first-order valence-corrected chi connectivity index (χ1v) is 12.5. The molecule has 8 atom stereocenters. The minimum Gasteiger partial charge on any atom is -0.392 e. The molecule has 0 aromatic rings. The summed E-state index contributed by atoms with van der Waals surface area (Å²) in [6.07, 6.45) is -5.04. The van der Waals surface area contributed by atoms with Crippen molar-refractivity contribution in [1.82, 2.24) is 20.4 Å². The first-order valence-electron chi connectivity index (χ1n) is 12.5. The topological polar surface area (TPSA) is 249 Å². The molecule has 5 amide bonds. The van der Waals surface area contributed by atoms with Crippen LogP contribution in [-0.4, -0.2) is 128 Å². The maximum Gasteiger partial charge on any atom is 0.248 e. The molecule has 15 heteroatoms. The highest BCUT2D eigenvalue weighted by atomic mass is 16.3. The van der Waals surface area contributed by atoms with Gasteiger partial charge < -0.3 is 52.3 Å². The molecule has 1 aliphatic rings. The molecule has 218 valence electrons. The van der Waals surface area contributed by atoms with Crippen LogP contribution in [-0.2, 0) is 24.0 Å². The smallest absolute Gasteiger partial charge is 0.248 e. The largest absolute Gasteiger partial charge is 0.392 e. The summed E-state index contributed by atoms with van der Waals surface area (Å²) in [6, 6.07) is -5.48. The van der Waals surface area contributed by atoms with Crippen molar-refractivity contribution in [2.75, 3.05) is 19.6 Å². The predicted molar refractivity (Wildman–Crippen MR) is 134 cm³/mol. The van der Waals surface area contributed by atoms with Crippen molar-refractivity contribution in [3.05, 3.63) is 0 Å². The molecule has 1 rings (SSSR count). The zero-order valence-corrected chi connectivity index (χ0v) is 22.4. The lowest BCUT2D eigenvalue weighted by Gasteiger charge is -2.31. The standard InChI is InChI=1S/C23H42N6O9/c1-10(2)16(24)22(37)28(8-11(3)30)9-15(34)26-17(12(4)31)21(36)27-18(13(5)32)23(38)29-7-6-14(33)19(29)20(25)35/h10-14,16-19,30-33H,6-9,24H2,1-5H3,(H2,25,35)(H,26,34)(H,27,36). The molecule has 1 fully saturated rings. The van der Waals surface area contributed by atoms with E-state index in [1.54, 1.807) is 13.8 Å². The van der Waals surface area contributed by atoms with Gasteiger partial charge in [-0.1, -0.05) is 13.8 Å². The Morgan fingerprint density at radius 1 is 0.974 bits per heavy atom. The van der Waals surface area contributed by atoms with Crippen molar-refractivity contribution >= 4 is 29.5 Å². The highest BCUT2D eigenvalue weighted by Gasteiger charge is 2.44. The summed E-state index contributed by atoms with van der Waals surface area (Å²) in [5.41, 5.74) is 11.2. The van der Waals surface area contributed by atoms with Crippen molar-refractivity contribution in [2.45, 2.75) is 89.6 Å². The number of carbonyl (C=O) groups excluding carboxylic acids is 5. The maximum absolute atomic E-state index is 13.0. The molecule has 38 heavy (non-hydrogen) atoms. The third-order valence-corrected chi connectivity index (χ3v) is 6.20. The fourth-order valence-electron chi connectivity index (χ4n) is 4.02. The van der Waals surface area contributed by atoms with Gasteiger partial charge in [0, 0.05) is 13.1 Å². The Bertz CT molecular complexity index is 866. The van der Waals surface area contributed by atoms with Crippen LogP contribution in [0.15, 0.2) is 0 Å². The second-order valence-electron chi connectivity index (χ2n) is 10.1. The van der Waals surface area contributed by atoms with Gasteiger partial charge in [0.25, 0.3) is 0 Å². The molecule has 0 saturated carbocycles. The lowest BCUT2D eigenvalue weighted by molar-refractivity contribution is -0.145. The molecule has 1 heterocycles. The number of amides is 5. The molecule has 15 nitrogen and oxygen atoms in total.